The van der Waals surface area contributed by atoms with Crippen LogP contribution in [0.1, 0.15) is 56.6 Å². The molecule has 4 nitrogen and oxygen atoms in total. The predicted molar refractivity (Wildman–Crippen MR) is 85.6 cm³/mol. The zero-order valence-corrected chi connectivity index (χ0v) is 12.3. The van der Waals surface area contributed by atoms with Gasteiger partial charge in [-0.1, -0.05) is 50.0 Å². The lowest BCUT2D eigenvalue weighted by molar-refractivity contribution is 0.616. The molecule has 0 spiro atoms. The van der Waals surface area contributed by atoms with Gasteiger partial charge in [0.25, 0.3) is 0 Å². The van der Waals surface area contributed by atoms with Crippen molar-refractivity contribution in [2.24, 2.45) is 0 Å². The highest BCUT2D eigenvalue weighted by Crippen LogP contribution is 2.24. The van der Waals surface area contributed by atoms with Crippen molar-refractivity contribution in [2.45, 2.75) is 56.9 Å². The zero-order chi connectivity index (χ0) is 14.5. The molecule has 21 heavy (non-hydrogen) atoms. The molecule has 2 N–H and O–H groups in total. The molecule has 1 atom stereocenters. The number of anilines is 1. The van der Waals surface area contributed by atoms with E-state index in [1.54, 1.807) is 0 Å². The molecule has 2 aliphatic carbocycles. The maximum atomic E-state index is 11.8. The maximum Gasteiger partial charge on any atom is 0.347 e. The fourth-order valence-electron chi connectivity index (χ4n) is 3.19. The summed E-state index contributed by atoms with van der Waals surface area (Å²) in [6, 6.07) is 2.46. The number of nitrogens with zero attached hydrogens (tertiary/aromatic N) is 1. The first-order valence-electron chi connectivity index (χ1n) is 8.02. The first-order chi connectivity index (χ1) is 10.3. The molecule has 1 saturated carbocycles. The third-order valence-electron chi connectivity index (χ3n) is 4.35. The molecule has 0 bridgehead atoms. The van der Waals surface area contributed by atoms with Crippen molar-refractivity contribution in [3.63, 3.8) is 0 Å². The summed E-state index contributed by atoms with van der Waals surface area (Å²) < 4.78 is 0. The molecule has 1 fully saturated rings. The van der Waals surface area contributed by atoms with Crippen LogP contribution in [-0.2, 0) is 0 Å². The third kappa shape index (κ3) is 3.84. The molecule has 112 valence electrons. The number of allylic oxidation sites excluding steroid dienone is 4. The van der Waals surface area contributed by atoms with Crippen molar-refractivity contribution in [3.8, 4) is 0 Å². The minimum Gasteiger partial charge on any atom is -0.367 e. The zero-order valence-electron chi connectivity index (χ0n) is 12.3. The van der Waals surface area contributed by atoms with Crippen LogP contribution in [0.5, 0.6) is 0 Å². The second-order valence-corrected chi connectivity index (χ2v) is 6.01. The summed E-state index contributed by atoms with van der Waals surface area (Å²) in [4.78, 5) is 18.8. The van der Waals surface area contributed by atoms with Crippen LogP contribution in [0.4, 0.5) is 5.82 Å². The number of nitrogens with one attached hydrogen (secondary N) is 2. The van der Waals surface area contributed by atoms with Crippen molar-refractivity contribution in [2.75, 3.05) is 5.32 Å². The molecule has 0 aromatic carbocycles. The molecule has 0 amide bonds. The van der Waals surface area contributed by atoms with Gasteiger partial charge in [0.15, 0.2) is 0 Å². The van der Waals surface area contributed by atoms with Crippen LogP contribution in [0, 0.1) is 0 Å². The Morgan fingerprint density at radius 3 is 2.67 bits per heavy atom. The summed E-state index contributed by atoms with van der Waals surface area (Å²) in [5.74, 6) is 0.976. The van der Waals surface area contributed by atoms with E-state index in [-0.39, 0.29) is 11.6 Å². The molecule has 0 aliphatic heterocycles. The van der Waals surface area contributed by atoms with E-state index < -0.39 is 0 Å². The van der Waals surface area contributed by atoms with Gasteiger partial charge in [0.2, 0.25) is 0 Å². The SMILES string of the molecule is O=c1nc(NC2CCCCCC2)cc(C2C=CC=CC2)[nH]1. The van der Waals surface area contributed by atoms with E-state index in [0.717, 1.165) is 17.9 Å². The molecule has 3 rings (SSSR count). The minimum absolute atomic E-state index is 0.250. The highest BCUT2D eigenvalue weighted by atomic mass is 16.1. The lowest BCUT2D eigenvalue weighted by Gasteiger charge is -2.18. The number of aromatic nitrogens is 2. The highest BCUT2D eigenvalue weighted by Gasteiger charge is 2.15. The van der Waals surface area contributed by atoms with Crippen molar-refractivity contribution < 1.29 is 0 Å². The van der Waals surface area contributed by atoms with Gasteiger partial charge in [-0.25, -0.2) is 4.79 Å². The van der Waals surface area contributed by atoms with Crippen molar-refractivity contribution in [3.05, 3.63) is 46.5 Å². The highest BCUT2D eigenvalue weighted by molar-refractivity contribution is 5.38. The summed E-state index contributed by atoms with van der Waals surface area (Å²) in [5, 5.41) is 3.47. The van der Waals surface area contributed by atoms with E-state index >= 15 is 0 Å². The van der Waals surface area contributed by atoms with Crippen LogP contribution < -0.4 is 11.0 Å². The fourth-order valence-corrected chi connectivity index (χ4v) is 3.19. The molecule has 1 aromatic rings. The summed E-state index contributed by atoms with van der Waals surface area (Å²) in [7, 11) is 0. The van der Waals surface area contributed by atoms with Crippen LogP contribution in [0.3, 0.4) is 0 Å². The molecule has 4 heteroatoms. The lowest BCUT2D eigenvalue weighted by Crippen LogP contribution is -2.23. The molecule has 1 aromatic heterocycles. The Morgan fingerprint density at radius 2 is 1.95 bits per heavy atom. The maximum absolute atomic E-state index is 11.8. The summed E-state index contributed by atoms with van der Waals surface area (Å²) in [6.45, 7) is 0. The molecular formula is C17H23N3O. The van der Waals surface area contributed by atoms with Gasteiger partial charge in [0, 0.05) is 23.7 Å². The van der Waals surface area contributed by atoms with Gasteiger partial charge >= 0.3 is 5.69 Å². The second-order valence-electron chi connectivity index (χ2n) is 6.01. The van der Waals surface area contributed by atoms with Crippen LogP contribution in [-0.4, -0.2) is 16.0 Å². The summed E-state index contributed by atoms with van der Waals surface area (Å²) in [6.07, 6.45) is 16.8. The summed E-state index contributed by atoms with van der Waals surface area (Å²) >= 11 is 0. The average Bonchev–Trinajstić information content (AvgIpc) is 2.76. The number of aromatic amines is 1. The van der Waals surface area contributed by atoms with E-state index in [9.17, 15) is 4.79 Å². The Balaban J connectivity index is 1.75. The van der Waals surface area contributed by atoms with Crippen molar-refractivity contribution in [1.82, 2.24) is 9.97 Å². The number of hydrogen-bond donors (Lipinski definition) is 2. The molecule has 0 radical (unpaired) electrons. The van der Waals surface area contributed by atoms with Crippen molar-refractivity contribution >= 4 is 5.82 Å². The number of H-pyrrole nitrogens is 1. The predicted octanol–water partition coefficient (Wildman–Crippen LogP) is 3.50. The van der Waals surface area contributed by atoms with Gasteiger partial charge in [0.1, 0.15) is 5.82 Å². The fraction of sp³-hybridized carbons (Fsp3) is 0.529. The summed E-state index contributed by atoms with van der Waals surface area (Å²) in [5.41, 5.74) is 0.693. The van der Waals surface area contributed by atoms with Crippen LogP contribution in [0.15, 0.2) is 35.2 Å². The van der Waals surface area contributed by atoms with E-state index in [2.05, 4.69) is 27.4 Å². The number of hydrogen-bond acceptors (Lipinski definition) is 3. The van der Waals surface area contributed by atoms with E-state index in [4.69, 9.17) is 0 Å². The molecule has 1 heterocycles. The smallest absolute Gasteiger partial charge is 0.347 e. The van der Waals surface area contributed by atoms with Crippen LogP contribution >= 0.6 is 0 Å². The first-order valence-corrected chi connectivity index (χ1v) is 8.02. The van der Waals surface area contributed by atoms with Crippen LogP contribution in [0.25, 0.3) is 0 Å². The van der Waals surface area contributed by atoms with Gasteiger partial charge in [-0.2, -0.15) is 4.98 Å². The third-order valence-corrected chi connectivity index (χ3v) is 4.35. The Bertz CT molecular complexity index is 580. The minimum atomic E-state index is -0.258. The second kappa shape index (κ2) is 6.74. The van der Waals surface area contributed by atoms with E-state index in [1.165, 1.54) is 38.5 Å². The molecule has 0 saturated heterocycles. The Kier molecular flexibility index (Phi) is 4.53. The van der Waals surface area contributed by atoms with Gasteiger partial charge < -0.3 is 10.3 Å². The van der Waals surface area contributed by atoms with E-state index in [0.29, 0.717) is 6.04 Å². The van der Waals surface area contributed by atoms with Crippen molar-refractivity contribution in [1.29, 1.82) is 0 Å². The van der Waals surface area contributed by atoms with Gasteiger partial charge in [0.05, 0.1) is 0 Å². The standard InChI is InChI=1S/C17H23N3O/c21-17-19-15(13-8-4-3-5-9-13)12-16(20-17)18-14-10-6-1-2-7-11-14/h3-5,8,12-14H,1-2,6-7,9-11H2,(H2,18,19,20,21). The normalized spacial score (nSPS) is 23.0. The largest absolute Gasteiger partial charge is 0.367 e. The van der Waals surface area contributed by atoms with Gasteiger partial charge in [-0.15, -0.1) is 0 Å². The Morgan fingerprint density at radius 1 is 1.14 bits per heavy atom. The quantitative estimate of drug-likeness (QED) is 0.836. The molecular weight excluding hydrogens is 262 g/mol. The number of rotatable bonds is 3. The first kappa shape index (κ1) is 14.1. The topological polar surface area (TPSA) is 57.8 Å². The lowest BCUT2D eigenvalue weighted by atomic mass is 9.97. The van der Waals surface area contributed by atoms with E-state index in [1.807, 2.05) is 18.2 Å². The molecule has 2 aliphatic rings. The molecule has 1 unspecified atom stereocenters. The Labute approximate surface area is 125 Å². The van der Waals surface area contributed by atoms with Gasteiger partial charge in [-0.05, 0) is 19.3 Å². The van der Waals surface area contributed by atoms with Crippen LogP contribution in [0.2, 0.25) is 0 Å². The Hall–Kier alpha value is -1.84. The monoisotopic (exact) mass is 285 g/mol. The average molecular weight is 285 g/mol. The van der Waals surface area contributed by atoms with Gasteiger partial charge in [-0.3, -0.25) is 0 Å².